The van der Waals surface area contributed by atoms with E-state index in [1.54, 1.807) is 31.2 Å². The molecule has 6 nitrogen and oxygen atoms in total. The number of rotatable bonds is 6. The van der Waals surface area contributed by atoms with Crippen molar-refractivity contribution in [3.05, 3.63) is 62.9 Å². The second-order valence-electron chi connectivity index (χ2n) is 5.81. The molecule has 28 heavy (non-hydrogen) atoms. The van der Waals surface area contributed by atoms with E-state index in [1.165, 1.54) is 0 Å². The Morgan fingerprint density at radius 1 is 1.14 bits per heavy atom. The fourth-order valence-electron chi connectivity index (χ4n) is 2.44. The van der Waals surface area contributed by atoms with Crippen LogP contribution in [0.5, 0.6) is 11.5 Å². The van der Waals surface area contributed by atoms with Gasteiger partial charge in [0.15, 0.2) is 17.2 Å². The first-order chi connectivity index (χ1) is 13.5. The van der Waals surface area contributed by atoms with Crippen LogP contribution in [-0.2, 0) is 14.3 Å². The molecule has 0 saturated carbocycles. The molecule has 3 rings (SSSR count). The number of cyclic esters (lactones) is 1. The molecular weight excluding hydrogens is 473 g/mol. The van der Waals surface area contributed by atoms with Gasteiger partial charge in [0, 0.05) is 15.6 Å². The molecule has 0 aromatic heterocycles. The number of carbonyl (C=O) groups is 2. The molecule has 1 heterocycles. The third-order valence-electron chi connectivity index (χ3n) is 3.80. The van der Waals surface area contributed by atoms with Gasteiger partial charge in [-0.2, -0.15) is 0 Å². The van der Waals surface area contributed by atoms with E-state index in [0.29, 0.717) is 23.7 Å². The molecule has 0 N–H and O–H groups in total. The number of nitrogens with zero attached hydrogens (tertiary/aromatic N) is 1. The van der Waals surface area contributed by atoms with Crippen molar-refractivity contribution < 1.29 is 23.8 Å². The average Bonchev–Trinajstić information content (AvgIpc) is 3.05. The van der Waals surface area contributed by atoms with E-state index in [9.17, 15) is 9.59 Å². The largest absolute Gasteiger partial charge is 0.490 e. The van der Waals surface area contributed by atoms with Crippen molar-refractivity contribution in [3.8, 4) is 11.5 Å². The molecule has 2 aromatic rings. The summed E-state index contributed by atoms with van der Waals surface area (Å²) in [6, 6.07) is 12.6. The van der Waals surface area contributed by atoms with Gasteiger partial charge in [-0.25, -0.2) is 9.79 Å². The Kier molecular flexibility index (Phi) is 6.45. The highest BCUT2D eigenvalue weighted by molar-refractivity contribution is 14.1. The zero-order valence-corrected chi connectivity index (χ0v) is 17.6. The SMILES string of the molecule is CCOc1cc(/C=C2\N=C(c3ccc(I)cc3)OC2=O)ccc1OC(=O)CC. The number of hydrogen-bond donors (Lipinski definition) is 0. The normalized spacial score (nSPS) is 14.6. The summed E-state index contributed by atoms with van der Waals surface area (Å²) < 4.78 is 17.2. The Hall–Kier alpha value is -2.68. The van der Waals surface area contributed by atoms with E-state index in [-0.39, 0.29) is 24.0 Å². The van der Waals surface area contributed by atoms with Crippen LogP contribution < -0.4 is 9.47 Å². The van der Waals surface area contributed by atoms with Gasteiger partial charge in [0.25, 0.3) is 0 Å². The van der Waals surface area contributed by atoms with Gasteiger partial charge in [-0.1, -0.05) is 13.0 Å². The van der Waals surface area contributed by atoms with E-state index in [2.05, 4.69) is 27.6 Å². The lowest BCUT2D eigenvalue weighted by Gasteiger charge is -2.10. The van der Waals surface area contributed by atoms with E-state index >= 15 is 0 Å². The van der Waals surface area contributed by atoms with E-state index in [0.717, 1.165) is 9.13 Å². The molecule has 2 aromatic carbocycles. The molecule has 0 radical (unpaired) electrons. The molecule has 0 bridgehead atoms. The van der Waals surface area contributed by atoms with Gasteiger partial charge >= 0.3 is 11.9 Å². The monoisotopic (exact) mass is 491 g/mol. The molecule has 144 valence electrons. The van der Waals surface area contributed by atoms with Crippen LogP contribution in [0, 0.1) is 3.57 Å². The molecule has 1 aliphatic rings. The van der Waals surface area contributed by atoms with Crippen molar-refractivity contribution in [1.82, 2.24) is 0 Å². The maximum atomic E-state index is 12.2. The van der Waals surface area contributed by atoms with E-state index < -0.39 is 5.97 Å². The number of esters is 2. The molecule has 0 saturated heterocycles. The number of hydrogen-bond acceptors (Lipinski definition) is 6. The van der Waals surface area contributed by atoms with Crippen LogP contribution in [-0.4, -0.2) is 24.4 Å². The highest BCUT2D eigenvalue weighted by atomic mass is 127. The first-order valence-electron chi connectivity index (χ1n) is 8.76. The van der Waals surface area contributed by atoms with Crippen molar-refractivity contribution in [2.75, 3.05) is 6.61 Å². The number of carbonyl (C=O) groups excluding carboxylic acids is 2. The van der Waals surface area contributed by atoms with Gasteiger partial charge in [-0.3, -0.25) is 4.79 Å². The van der Waals surface area contributed by atoms with Gasteiger partial charge < -0.3 is 14.2 Å². The molecule has 0 aliphatic carbocycles. The van der Waals surface area contributed by atoms with Crippen LogP contribution in [0.1, 0.15) is 31.4 Å². The average molecular weight is 491 g/mol. The first-order valence-corrected chi connectivity index (χ1v) is 9.84. The van der Waals surface area contributed by atoms with Crippen LogP contribution in [0.4, 0.5) is 0 Å². The summed E-state index contributed by atoms with van der Waals surface area (Å²) in [6.45, 7) is 3.97. The summed E-state index contributed by atoms with van der Waals surface area (Å²) in [4.78, 5) is 28.1. The topological polar surface area (TPSA) is 74.2 Å². The smallest absolute Gasteiger partial charge is 0.363 e. The lowest BCUT2D eigenvalue weighted by Crippen LogP contribution is -2.07. The Morgan fingerprint density at radius 2 is 1.89 bits per heavy atom. The molecule has 1 aliphatic heterocycles. The molecule has 7 heteroatoms. The molecule has 0 fully saturated rings. The van der Waals surface area contributed by atoms with Crippen LogP contribution in [0.15, 0.2) is 53.2 Å². The number of ether oxygens (including phenoxy) is 3. The summed E-state index contributed by atoms with van der Waals surface area (Å²) in [5.74, 6) is 0.164. The minimum absolute atomic E-state index is 0.189. The summed E-state index contributed by atoms with van der Waals surface area (Å²) in [6.07, 6.45) is 1.87. The minimum Gasteiger partial charge on any atom is -0.490 e. The Bertz CT molecular complexity index is 963. The fraction of sp³-hybridized carbons (Fsp3) is 0.190. The number of aliphatic imine (C=N–C) groups is 1. The van der Waals surface area contributed by atoms with Crippen LogP contribution in [0.2, 0.25) is 0 Å². The number of halogens is 1. The summed E-state index contributed by atoms with van der Waals surface area (Å²) in [7, 11) is 0. The zero-order valence-electron chi connectivity index (χ0n) is 15.4. The summed E-state index contributed by atoms with van der Waals surface area (Å²) in [5.41, 5.74) is 1.60. The third kappa shape index (κ3) is 4.78. The molecule has 0 atom stereocenters. The second-order valence-corrected chi connectivity index (χ2v) is 7.06. The standard InChI is InChI=1S/C21H18INO5/c1-3-19(24)27-17-10-5-13(12-18(17)26-4-2)11-16-21(25)28-20(23-16)14-6-8-15(22)9-7-14/h5-12H,3-4H2,1-2H3/b16-11-. The Balaban J connectivity index is 1.89. The predicted molar refractivity (Wildman–Crippen MR) is 113 cm³/mol. The lowest BCUT2D eigenvalue weighted by atomic mass is 10.1. The Morgan fingerprint density at radius 3 is 2.57 bits per heavy atom. The lowest BCUT2D eigenvalue weighted by molar-refractivity contribution is -0.134. The van der Waals surface area contributed by atoms with E-state index in [1.807, 2.05) is 31.2 Å². The maximum Gasteiger partial charge on any atom is 0.363 e. The highest BCUT2D eigenvalue weighted by Crippen LogP contribution is 2.30. The van der Waals surface area contributed by atoms with Crippen molar-refractivity contribution in [2.24, 2.45) is 4.99 Å². The molecule has 0 amide bonds. The first kappa shape index (κ1) is 20.1. The van der Waals surface area contributed by atoms with Gasteiger partial charge in [0.05, 0.1) is 6.61 Å². The Labute approximate surface area is 176 Å². The van der Waals surface area contributed by atoms with Crippen LogP contribution >= 0.6 is 22.6 Å². The quantitative estimate of drug-likeness (QED) is 0.260. The van der Waals surface area contributed by atoms with Crippen molar-refractivity contribution in [3.63, 3.8) is 0 Å². The highest BCUT2D eigenvalue weighted by Gasteiger charge is 2.24. The van der Waals surface area contributed by atoms with Crippen LogP contribution in [0.3, 0.4) is 0 Å². The van der Waals surface area contributed by atoms with E-state index in [4.69, 9.17) is 14.2 Å². The van der Waals surface area contributed by atoms with Crippen LogP contribution in [0.25, 0.3) is 6.08 Å². The summed E-state index contributed by atoms with van der Waals surface area (Å²) >= 11 is 2.20. The predicted octanol–water partition coefficient (Wildman–Crippen LogP) is 4.35. The third-order valence-corrected chi connectivity index (χ3v) is 4.51. The molecular formula is C21H18INO5. The van der Waals surface area contributed by atoms with Crippen molar-refractivity contribution in [2.45, 2.75) is 20.3 Å². The maximum absolute atomic E-state index is 12.2. The van der Waals surface area contributed by atoms with Crippen molar-refractivity contribution >= 4 is 46.5 Å². The van der Waals surface area contributed by atoms with Gasteiger partial charge in [0.1, 0.15) is 0 Å². The van der Waals surface area contributed by atoms with Gasteiger partial charge in [-0.15, -0.1) is 0 Å². The molecule has 0 unspecified atom stereocenters. The minimum atomic E-state index is -0.520. The second kappa shape index (κ2) is 9.01. The number of benzene rings is 2. The van der Waals surface area contributed by atoms with Gasteiger partial charge in [0.2, 0.25) is 5.90 Å². The summed E-state index contributed by atoms with van der Waals surface area (Å²) in [5, 5.41) is 0. The van der Waals surface area contributed by atoms with Gasteiger partial charge in [-0.05, 0) is 77.6 Å². The molecule has 0 spiro atoms. The fourth-order valence-corrected chi connectivity index (χ4v) is 2.80. The zero-order chi connectivity index (χ0) is 20.1. The van der Waals surface area contributed by atoms with Crippen molar-refractivity contribution in [1.29, 1.82) is 0 Å².